The maximum Gasteiger partial charge on any atom is 0.412 e. The van der Waals surface area contributed by atoms with Crippen molar-refractivity contribution in [3.05, 3.63) is 106 Å². The van der Waals surface area contributed by atoms with Gasteiger partial charge in [-0.15, -0.1) is 22.7 Å². The molecule has 4 N–H and O–H groups in total. The summed E-state index contributed by atoms with van der Waals surface area (Å²) in [6, 6.07) is 18.0. The van der Waals surface area contributed by atoms with Crippen LogP contribution in [-0.4, -0.2) is 36.0 Å². The van der Waals surface area contributed by atoms with Crippen molar-refractivity contribution >= 4 is 50.7 Å². The number of hydrogen-bond donors (Lipinski definition) is 4. The van der Waals surface area contributed by atoms with Crippen LogP contribution < -0.4 is 15.4 Å². The van der Waals surface area contributed by atoms with E-state index in [0.717, 1.165) is 28.0 Å². The van der Waals surface area contributed by atoms with Crippen molar-refractivity contribution in [2.24, 2.45) is 0 Å². The van der Waals surface area contributed by atoms with E-state index in [9.17, 15) is 18.0 Å². The number of amides is 2. The van der Waals surface area contributed by atoms with Crippen LogP contribution in [0.3, 0.4) is 0 Å². The van der Waals surface area contributed by atoms with Gasteiger partial charge in [-0.2, -0.15) is 8.42 Å². The number of alkyl carbamates (subject to hydrolysis) is 1. The first-order valence-electron chi connectivity index (χ1n) is 12.0. The summed E-state index contributed by atoms with van der Waals surface area (Å²) in [6.07, 6.45) is 0.723. The maximum atomic E-state index is 13.6. The predicted octanol–water partition coefficient (Wildman–Crippen LogP) is 4.97. The van der Waals surface area contributed by atoms with Gasteiger partial charge in [0.2, 0.25) is 5.91 Å². The molecule has 2 aromatic carbocycles. The highest BCUT2D eigenvalue weighted by Crippen LogP contribution is 2.30. The van der Waals surface area contributed by atoms with Crippen molar-refractivity contribution in [1.29, 1.82) is 0 Å². The normalized spacial score (nSPS) is 12.6. The number of thiophene rings is 1. The van der Waals surface area contributed by atoms with Gasteiger partial charge in [0.1, 0.15) is 11.0 Å². The molecule has 0 aliphatic heterocycles. The number of aromatic nitrogens is 1. The molecule has 0 bridgehead atoms. The zero-order valence-electron chi connectivity index (χ0n) is 21.0. The number of ether oxygens (including phenoxy) is 1. The molecule has 2 heterocycles. The van der Waals surface area contributed by atoms with Gasteiger partial charge in [0.15, 0.2) is 0 Å². The number of anilines is 1. The fraction of sp³-hybridized carbons (Fsp3) is 0.148. The van der Waals surface area contributed by atoms with Gasteiger partial charge in [-0.25, -0.2) is 9.78 Å². The molecule has 0 aliphatic carbocycles. The number of nitrogens with zero attached hydrogens (tertiary/aromatic N) is 1. The van der Waals surface area contributed by atoms with Crippen molar-refractivity contribution in [1.82, 2.24) is 15.6 Å². The molecule has 13 heteroatoms. The smallest absolute Gasteiger partial charge is 0.412 e. The minimum absolute atomic E-state index is 0.189. The summed E-state index contributed by atoms with van der Waals surface area (Å²) in [5, 5.41) is 10.2. The molecule has 10 nitrogen and oxygen atoms in total. The van der Waals surface area contributed by atoms with E-state index in [0.29, 0.717) is 11.4 Å². The SMILES string of the molecule is C=COC(=O)N[C@@H](Cc1ccccc1)C(=O)N[C@@H](Cc1ccc(NS(=O)(=O)O)cc1)c1nc(-c2cccs2)cs1. The number of carbonyl (C=O) groups excluding carboxylic acids is 2. The fourth-order valence-corrected chi connectivity index (χ4v) is 5.93. The standard InChI is InChI=1S/C27H26N4O6S3/c1-2-37-27(33)30-21(15-18-7-4-3-5-8-18)25(32)28-22(26-29-23(17-39-26)24-9-6-14-38-24)16-19-10-12-20(13-11-19)31-40(34,35)36/h2-14,17,21-22,31H,1,15-16H2,(H,28,32)(H,30,33)(H,34,35,36)/t21-,22-/m0/s1. The minimum atomic E-state index is -4.41. The van der Waals surface area contributed by atoms with Crippen LogP contribution in [0.4, 0.5) is 10.5 Å². The van der Waals surface area contributed by atoms with Crippen LogP contribution in [0.5, 0.6) is 0 Å². The van der Waals surface area contributed by atoms with Crippen LogP contribution in [-0.2, 0) is 32.7 Å². The van der Waals surface area contributed by atoms with E-state index in [1.807, 2.05) is 57.9 Å². The summed E-state index contributed by atoms with van der Waals surface area (Å²) in [5.74, 6) is -0.438. The third kappa shape index (κ3) is 8.48. The van der Waals surface area contributed by atoms with E-state index in [4.69, 9.17) is 14.3 Å². The molecule has 0 saturated carbocycles. The summed E-state index contributed by atoms with van der Waals surface area (Å²) >= 11 is 2.95. The largest absolute Gasteiger partial charge is 0.419 e. The lowest BCUT2D eigenvalue weighted by atomic mass is 10.0. The van der Waals surface area contributed by atoms with Crippen molar-refractivity contribution in [3.8, 4) is 10.6 Å². The summed E-state index contributed by atoms with van der Waals surface area (Å²) in [4.78, 5) is 31.5. The van der Waals surface area contributed by atoms with Crippen LogP contribution in [0, 0.1) is 0 Å². The molecule has 2 aromatic heterocycles. The second kappa shape index (κ2) is 13.3. The van der Waals surface area contributed by atoms with Gasteiger partial charge in [-0.1, -0.05) is 55.1 Å². The summed E-state index contributed by atoms with van der Waals surface area (Å²) in [6.45, 7) is 3.38. The van der Waals surface area contributed by atoms with Crippen LogP contribution in [0.15, 0.2) is 90.3 Å². The minimum Gasteiger partial charge on any atom is -0.419 e. The Morgan fingerprint density at radius 1 is 0.975 bits per heavy atom. The van der Waals surface area contributed by atoms with Crippen molar-refractivity contribution in [3.63, 3.8) is 0 Å². The Labute approximate surface area is 239 Å². The average molecular weight is 599 g/mol. The highest BCUT2D eigenvalue weighted by atomic mass is 32.2. The molecule has 0 spiro atoms. The quantitative estimate of drug-likeness (QED) is 0.133. The van der Waals surface area contributed by atoms with E-state index in [1.54, 1.807) is 23.5 Å². The first kappa shape index (κ1) is 29.0. The van der Waals surface area contributed by atoms with E-state index >= 15 is 0 Å². The second-order valence-corrected chi connectivity index (χ2v) is 11.5. The molecule has 4 rings (SSSR count). The monoisotopic (exact) mass is 598 g/mol. The zero-order valence-corrected chi connectivity index (χ0v) is 23.5. The molecule has 208 valence electrons. The lowest BCUT2D eigenvalue weighted by Gasteiger charge is -2.22. The maximum absolute atomic E-state index is 13.6. The van der Waals surface area contributed by atoms with Gasteiger partial charge in [-0.3, -0.25) is 14.1 Å². The number of carbonyl (C=O) groups is 2. The van der Waals surface area contributed by atoms with E-state index in [-0.39, 0.29) is 12.1 Å². The molecule has 0 fully saturated rings. The Bertz CT molecular complexity index is 1540. The number of benzene rings is 2. The van der Waals surface area contributed by atoms with E-state index in [2.05, 4.69) is 17.2 Å². The first-order valence-corrected chi connectivity index (χ1v) is 15.2. The Morgan fingerprint density at radius 2 is 1.70 bits per heavy atom. The molecule has 2 amide bonds. The molecular weight excluding hydrogens is 573 g/mol. The summed E-state index contributed by atoms with van der Waals surface area (Å²) < 4.78 is 38.1. The van der Waals surface area contributed by atoms with Gasteiger partial charge in [0, 0.05) is 11.8 Å². The predicted molar refractivity (Wildman–Crippen MR) is 155 cm³/mol. The number of rotatable bonds is 12. The van der Waals surface area contributed by atoms with Crippen LogP contribution >= 0.6 is 22.7 Å². The van der Waals surface area contributed by atoms with Crippen LogP contribution in [0.2, 0.25) is 0 Å². The van der Waals surface area contributed by atoms with Gasteiger partial charge in [0.05, 0.1) is 28.6 Å². The van der Waals surface area contributed by atoms with Crippen molar-refractivity contribution in [2.45, 2.75) is 24.9 Å². The van der Waals surface area contributed by atoms with Gasteiger partial charge in [-0.05, 0) is 41.1 Å². The Morgan fingerprint density at radius 3 is 2.35 bits per heavy atom. The molecule has 40 heavy (non-hydrogen) atoms. The summed E-state index contributed by atoms with van der Waals surface area (Å²) in [7, 11) is -4.41. The van der Waals surface area contributed by atoms with Crippen molar-refractivity contribution in [2.75, 3.05) is 4.72 Å². The van der Waals surface area contributed by atoms with E-state index in [1.165, 1.54) is 23.5 Å². The first-order chi connectivity index (χ1) is 19.2. The molecular formula is C27H26N4O6S3. The molecule has 0 radical (unpaired) electrons. The highest BCUT2D eigenvalue weighted by Gasteiger charge is 2.27. The Kier molecular flexibility index (Phi) is 9.66. The van der Waals surface area contributed by atoms with E-state index < -0.39 is 34.4 Å². The number of nitrogens with one attached hydrogen (secondary N) is 3. The molecule has 0 aliphatic rings. The molecule has 0 saturated heterocycles. The molecule has 2 atom stereocenters. The lowest BCUT2D eigenvalue weighted by molar-refractivity contribution is -0.123. The lowest BCUT2D eigenvalue weighted by Crippen LogP contribution is -2.49. The third-order valence-electron chi connectivity index (χ3n) is 5.63. The van der Waals surface area contributed by atoms with Crippen molar-refractivity contribution < 1.29 is 27.3 Å². The van der Waals surface area contributed by atoms with Gasteiger partial charge < -0.3 is 15.4 Å². The second-order valence-electron chi connectivity index (χ2n) is 8.55. The Balaban J connectivity index is 1.59. The third-order valence-corrected chi connectivity index (χ3v) is 7.98. The van der Waals surface area contributed by atoms with Gasteiger partial charge >= 0.3 is 16.4 Å². The molecule has 4 aromatic rings. The zero-order chi connectivity index (χ0) is 28.5. The number of thiazole rings is 1. The number of hydrogen-bond acceptors (Lipinski definition) is 8. The highest BCUT2D eigenvalue weighted by molar-refractivity contribution is 7.87. The average Bonchev–Trinajstić information content (AvgIpc) is 3.61. The summed E-state index contributed by atoms with van der Waals surface area (Å²) in [5.41, 5.74) is 2.59. The molecule has 0 unspecified atom stereocenters. The van der Waals surface area contributed by atoms with Gasteiger partial charge in [0.25, 0.3) is 0 Å². The Hall–Kier alpha value is -4.04. The van der Waals surface area contributed by atoms with Crippen LogP contribution in [0.25, 0.3) is 10.6 Å². The topological polar surface area (TPSA) is 147 Å². The fourth-order valence-electron chi connectivity index (χ4n) is 3.86. The van der Waals surface area contributed by atoms with Crippen LogP contribution in [0.1, 0.15) is 22.2 Å².